The average molecular weight is 473 g/mol. The number of ether oxygens (including phenoxy) is 1. The molecule has 1 aromatic heterocycles. The quantitative estimate of drug-likeness (QED) is 0.691. The average Bonchev–Trinajstić information content (AvgIpc) is 2.79. The van der Waals surface area contributed by atoms with Crippen LogP contribution in [0.25, 0.3) is 0 Å². The molecule has 2 amide bonds. The summed E-state index contributed by atoms with van der Waals surface area (Å²) in [6.07, 6.45) is 2.65. The van der Waals surface area contributed by atoms with E-state index >= 15 is 0 Å². The third-order valence-electron chi connectivity index (χ3n) is 6.00. The van der Waals surface area contributed by atoms with Crippen LogP contribution in [0.1, 0.15) is 37.3 Å². The molecular weight excluding hydrogens is 444 g/mol. The molecule has 0 bridgehead atoms. The molecule has 2 aromatic rings. The Bertz CT molecular complexity index is 1180. The summed E-state index contributed by atoms with van der Waals surface area (Å²) in [5, 5.41) is 5.56. The van der Waals surface area contributed by atoms with Gasteiger partial charge < -0.3 is 15.4 Å². The van der Waals surface area contributed by atoms with Gasteiger partial charge in [-0.15, -0.1) is 0 Å². The first-order valence-electron chi connectivity index (χ1n) is 11.0. The minimum Gasteiger partial charge on any atom is -0.478 e. The van der Waals surface area contributed by atoms with Crippen molar-refractivity contribution >= 4 is 33.3 Å². The maximum atomic E-state index is 13.5. The molecule has 0 saturated carbocycles. The van der Waals surface area contributed by atoms with Crippen molar-refractivity contribution < 1.29 is 22.7 Å². The number of sulfonamides is 1. The number of aryl methyl sites for hydroxylation is 2. The van der Waals surface area contributed by atoms with Crippen LogP contribution in [-0.2, 0) is 19.6 Å². The van der Waals surface area contributed by atoms with Crippen LogP contribution in [0, 0.1) is 19.8 Å². The Labute approximate surface area is 193 Å². The van der Waals surface area contributed by atoms with Crippen molar-refractivity contribution in [2.24, 2.45) is 5.92 Å². The molecule has 2 aliphatic heterocycles. The number of nitrogens with zero attached hydrogens (tertiary/aromatic N) is 2. The number of fused-ring (bicyclic) bond motifs is 1. The molecule has 2 aliphatic rings. The molecule has 0 aliphatic carbocycles. The number of hydrogen-bond acceptors (Lipinski definition) is 6. The van der Waals surface area contributed by atoms with Gasteiger partial charge in [-0.25, -0.2) is 13.4 Å². The van der Waals surface area contributed by atoms with Gasteiger partial charge in [-0.1, -0.05) is 13.0 Å². The number of hydrogen-bond donors (Lipinski definition) is 2. The van der Waals surface area contributed by atoms with Crippen LogP contribution in [0.5, 0.6) is 5.75 Å². The van der Waals surface area contributed by atoms with Crippen molar-refractivity contribution in [1.82, 2.24) is 9.29 Å². The lowest BCUT2D eigenvalue weighted by Gasteiger charge is -2.32. The van der Waals surface area contributed by atoms with Crippen molar-refractivity contribution in [2.75, 3.05) is 23.7 Å². The standard InChI is InChI=1S/C23H28N4O5S/c1-4-18-23(29)25-17-10-15(3)20(11-19(17)32-18)33(30,31)27-9-5-6-16(13-27)22(28)26-21-8-7-14(2)12-24-21/h7-8,10-12,16,18H,4-6,9,13H2,1-3H3,(H,25,29)(H,24,26,28)/t16-,18-/m0/s1. The van der Waals surface area contributed by atoms with Crippen LogP contribution in [0.2, 0.25) is 0 Å². The summed E-state index contributed by atoms with van der Waals surface area (Å²) in [5.41, 5.74) is 1.95. The molecular formula is C23H28N4O5S. The fraction of sp³-hybridized carbons (Fsp3) is 0.435. The van der Waals surface area contributed by atoms with Crippen molar-refractivity contribution in [3.8, 4) is 5.75 Å². The molecule has 2 atom stereocenters. The Morgan fingerprint density at radius 3 is 2.79 bits per heavy atom. The van der Waals surface area contributed by atoms with Crippen LogP contribution in [0.3, 0.4) is 0 Å². The molecule has 0 unspecified atom stereocenters. The molecule has 4 rings (SSSR count). The number of pyridine rings is 1. The van der Waals surface area contributed by atoms with E-state index in [0.29, 0.717) is 48.6 Å². The highest BCUT2D eigenvalue weighted by molar-refractivity contribution is 7.89. The second-order valence-electron chi connectivity index (χ2n) is 8.53. The fourth-order valence-corrected chi connectivity index (χ4v) is 5.86. The number of aromatic nitrogens is 1. The summed E-state index contributed by atoms with van der Waals surface area (Å²) in [6.45, 7) is 5.84. The number of carbonyl (C=O) groups excluding carboxylic acids is 2. The van der Waals surface area contributed by atoms with Crippen LogP contribution >= 0.6 is 0 Å². The lowest BCUT2D eigenvalue weighted by atomic mass is 9.99. The first-order valence-corrected chi connectivity index (χ1v) is 12.5. The summed E-state index contributed by atoms with van der Waals surface area (Å²) in [4.78, 5) is 29.2. The van der Waals surface area contributed by atoms with Crippen LogP contribution in [0.4, 0.5) is 11.5 Å². The highest BCUT2D eigenvalue weighted by Crippen LogP contribution is 2.36. The number of benzene rings is 1. The van der Waals surface area contributed by atoms with Gasteiger partial charge >= 0.3 is 0 Å². The van der Waals surface area contributed by atoms with E-state index in [4.69, 9.17) is 4.74 Å². The van der Waals surface area contributed by atoms with E-state index in [0.717, 1.165) is 5.56 Å². The smallest absolute Gasteiger partial charge is 0.265 e. The second kappa shape index (κ2) is 9.11. The van der Waals surface area contributed by atoms with E-state index in [2.05, 4.69) is 15.6 Å². The number of anilines is 2. The number of carbonyl (C=O) groups is 2. The van der Waals surface area contributed by atoms with Gasteiger partial charge in [0.15, 0.2) is 6.10 Å². The van der Waals surface area contributed by atoms with E-state index in [1.165, 1.54) is 10.4 Å². The normalized spacial score (nSPS) is 21.0. The number of amides is 2. The Kier molecular flexibility index (Phi) is 6.40. The molecule has 1 saturated heterocycles. The van der Waals surface area contributed by atoms with Crippen LogP contribution in [0.15, 0.2) is 35.4 Å². The molecule has 3 heterocycles. The Morgan fingerprint density at radius 2 is 2.09 bits per heavy atom. The van der Waals surface area contributed by atoms with Crippen LogP contribution in [-0.4, -0.2) is 48.7 Å². The van der Waals surface area contributed by atoms with E-state index in [-0.39, 0.29) is 23.3 Å². The van der Waals surface area contributed by atoms with Gasteiger partial charge in [-0.2, -0.15) is 4.31 Å². The maximum Gasteiger partial charge on any atom is 0.265 e. The third-order valence-corrected chi connectivity index (χ3v) is 8.01. The largest absolute Gasteiger partial charge is 0.478 e. The minimum absolute atomic E-state index is 0.0890. The van der Waals surface area contributed by atoms with Crippen molar-refractivity contribution in [3.05, 3.63) is 41.6 Å². The first kappa shape index (κ1) is 23.2. The Morgan fingerprint density at radius 1 is 1.30 bits per heavy atom. The predicted molar refractivity (Wildman–Crippen MR) is 124 cm³/mol. The fourth-order valence-electron chi connectivity index (χ4n) is 4.12. The monoisotopic (exact) mass is 472 g/mol. The van der Waals surface area contributed by atoms with Gasteiger partial charge in [-0.3, -0.25) is 9.59 Å². The lowest BCUT2D eigenvalue weighted by Crippen LogP contribution is -2.44. The van der Waals surface area contributed by atoms with E-state index in [9.17, 15) is 18.0 Å². The van der Waals surface area contributed by atoms with E-state index in [1.807, 2.05) is 19.9 Å². The van der Waals surface area contributed by atoms with Gasteiger partial charge in [0.2, 0.25) is 15.9 Å². The zero-order valence-electron chi connectivity index (χ0n) is 18.9. The zero-order valence-corrected chi connectivity index (χ0v) is 19.7. The molecule has 0 radical (unpaired) electrons. The third kappa shape index (κ3) is 4.72. The van der Waals surface area contributed by atoms with Gasteiger partial charge in [0.25, 0.3) is 5.91 Å². The number of nitrogens with one attached hydrogen (secondary N) is 2. The maximum absolute atomic E-state index is 13.5. The van der Waals surface area contributed by atoms with Crippen LogP contribution < -0.4 is 15.4 Å². The Balaban J connectivity index is 1.54. The van der Waals surface area contributed by atoms with Gasteiger partial charge in [0, 0.05) is 25.4 Å². The minimum atomic E-state index is -3.86. The SMILES string of the molecule is CC[C@@H]1Oc2cc(S(=O)(=O)N3CCC[C@H](C(=O)Nc4ccc(C)cn4)C3)c(C)cc2NC1=O. The van der Waals surface area contributed by atoms with E-state index < -0.39 is 22.0 Å². The van der Waals surface area contributed by atoms with Crippen molar-refractivity contribution in [3.63, 3.8) is 0 Å². The van der Waals surface area contributed by atoms with Gasteiger partial charge in [0.05, 0.1) is 16.5 Å². The van der Waals surface area contributed by atoms with Gasteiger partial charge in [0.1, 0.15) is 11.6 Å². The molecule has 176 valence electrons. The highest BCUT2D eigenvalue weighted by Gasteiger charge is 2.36. The lowest BCUT2D eigenvalue weighted by molar-refractivity contribution is -0.123. The summed E-state index contributed by atoms with van der Waals surface area (Å²) in [6, 6.07) is 6.67. The molecule has 33 heavy (non-hydrogen) atoms. The number of rotatable bonds is 5. The molecule has 10 heteroatoms. The summed E-state index contributed by atoms with van der Waals surface area (Å²) >= 11 is 0. The Hall–Kier alpha value is -2.98. The first-order chi connectivity index (χ1) is 15.7. The highest BCUT2D eigenvalue weighted by atomic mass is 32.2. The van der Waals surface area contributed by atoms with Gasteiger partial charge in [-0.05, 0) is 56.4 Å². The summed E-state index contributed by atoms with van der Waals surface area (Å²) in [5.74, 6) is -0.184. The van der Waals surface area contributed by atoms with Crippen molar-refractivity contribution in [2.45, 2.75) is 51.0 Å². The second-order valence-corrected chi connectivity index (χ2v) is 10.4. The molecule has 2 N–H and O–H groups in total. The summed E-state index contributed by atoms with van der Waals surface area (Å²) < 4.78 is 34.1. The molecule has 1 aromatic carbocycles. The molecule has 9 nitrogen and oxygen atoms in total. The molecule has 0 spiro atoms. The summed E-state index contributed by atoms with van der Waals surface area (Å²) in [7, 11) is -3.86. The predicted octanol–water partition coefficient (Wildman–Crippen LogP) is 2.85. The molecule has 1 fully saturated rings. The van der Waals surface area contributed by atoms with E-state index in [1.54, 1.807) is 25.3 Å². The topological polar surface area (TPSA) is 118 Å². The zero-order chi connectivity index (χ0) is 23.8. The number of piperidine rings is 1. The van der Waals surface area contributed by atoms with Crippen molar-refractivity contribution in [1.29, 1.82) is 0 Å².